The lowest BCUT2D eigenvalue weighted by atomic mass is 10.2. The maximum absolute atomic E-state index is 11.5. The number of nitrogens with two attached hydrogens (primary N) is 1. The molecule has 0 fully saturated rings. The van der Waals surface area contributed by atoms with Crippen LogP contribution in [0.4, 0.5) is 5.69 Å². The fourth-order valence-electron chi connectivity index (χ4n) is 1.08. The molecule has 0 radical (unpaired) electrons. The van der Waals surface area contributed by atoms with Crippen molar-refractivity contribution in [2.75, 3.05) is 18.1 Å². The van der Waals surface area contributed by atoms with Crippen LogP contribution >= 0.6 is 0 Å². The number of rotatable bonds is 3. The third kappa shape index (κ3) is 2.24. The minimum absolute atomic E-state index is 0.207. The fraction of sp³-hybridized carbons (Fsp3) is 0.333. The summed E-state index contributed by atoms with van der Waals surface area (Å²) in [6.07, 6.45) is 0. The van der Waals surface area contributed by atoms with Crippen LogP contribution in [0.25, 0.3) is 0 Å². The van der Waals surface area contributed by atoms with Crippen LogP contribution in [0.1, 0.15) is 5.56 Å². The molecular weight excluding hydrogens is 202 g/mol. The first-order valence-corrected chi connectivity index (χ1v) is 5.82. The van der Waals surface area contributed by atoms with Crippen molar-refractivity contribution in [1.29, 1.82) is 0 Å². The van der Waals surface area contributed by atoms with E-state index < -0.39 is 9.84 Å². The van der Waals surface area contributed by atoms with Crippen LogP contribution in [0, 0.1) is 6.92 Å². The summed E-state index contributed by atoms with van der Waals surface area (Å²) in [6, 6.07) is 4.52. The van der Waals surface area contributed by atoms with Crippen LogP contribution in [0.2, 0.25) is 0 Å². The van der Waals surface area contributed by atoms with Crippen molar-refractivity contribution in [3.63, 3.8) is 0 Å². The Hall–Kier alpha value is -1.07. The lowest BCUT2D eigenvalue weighted by molar-refractivity contribution is 0.319. The predicted molar refractivity (Wildman–Crippen MR) is 54.7 cm³/mol. The Bertz CT molecular complexity index is 426. The van der Waals surface area contributed by atoms with Gasteiger partial charge in [0, 0.05) is 5.69 Å². The first-order valence-electron chi connectivity index (χ1n) is 4.17. The quantitative estimate of drug-likeness (QED) is 0.713. The summed E-state index contributed by atoms with van der Waals surface area (Å²) in [6.45, 7) is 1.37. The van der Waals surface area contributed by atoms with Crippen LogP contribution in [0.5, 0.6) is 0 Å². The number of nitrogen functional groups attached to an aromatic ring is 1. The Morgan fingerprint density at radius 2 is 2.07 bits per heavy atom. The molecule has 0 atom stereocenters. The van der Waals surface area contributed by atoms with Gasteiger partial charge in [0.1, 0.15) is 0 Å². The molecule has 0 spiro atoms. The first kappa shape index (κ1) is 11.0. The Kier molecular flexibility index (Phi) is 3.13. The van der Waals surface area contributed by atoms with E-state index in [1.165, 1.54) is 12.1 Å². The second-order valence-corrected chi connectivity index (χ2v) is 5.17. The number of aliphatic hydroxyl groups excluding tert-OH is 1. The largest absolute Gasteiger partial charge is 0.399 e. The Morgan fingerprint density at radius 3 is 2.57 bits per heavy atom. The van der Waals surface area contributed by atoms with Crippen molar-refractivity contribution in [2.45, 2.75) is 11.8 Å². The molecule has 0 heterocycles. The molecule has 0 aliphatic rings. The van der Waals surface area contributed by atoms with Crippen molar-refractivity contribution in [2.24, 2.45) is 0 Å². The van der Waals surface area contributed by atoms with E-state index in [1.807, 2.05) is 0 Å². The van der Waals surface area contributed by atoms with E-state index in [4.69, 9.17) is 10.8 Å². The number of aryl methyl sites for hydroxylation is 1. The number of hydrogen-bond donors (Lipinski definition) is 2. The van der Waals surface area contributed by atoms with Gasteiger partial charge in [0.25, 0.3) is 0 Å². The van der Waals surface area contributed by atoms with Gasteiger partial charge in [-0.15, -0.1) is 0 Å². The molecule has 0 unspecified atom stereocenters. The summed E-state index contributed by atoms with van der Waals surface area (Å²) in [5, 5.41) is 8.58. The molecule has 0 aliphatic heterocycles. The second-order valence-electron chi connectivity index (χ2n) is 3.06. The highest BCUT2D eigenvalue weighted by Crippen LogP contribution is 2.17. The van der Waals surface area contributed by atoms with E-state index in [1.54, 1.807) is 13.0 Å². The predicted octanol–water partition coefficient (Wildman–Crippen LogP) is 0.343. The van der Waals surface area contributed by atoms with Crippen molar-refractivity contribution in [3.05, 3.63) is 23.8 Å². The molecule has 1 rings (SSSR count). The van der Waals surface area contributed by atoms with E-state index in [0.29, 0.717) is 5.69 Å². The highest BCUT2D eigenvalue weighted by atomic mass is 32.2. The Balaban J connectivity index is 3.15. The maximum Gasteiger partial charge on any atom is 0.180 e. The third-order valence-electron chi connectivity index (χ3n) is 1.96. The molecule has 78 valence electrons. The molecule has 1 aromatic carbocycles. The summed E-state index contributed by atoms with van der Waals surface area (Å²) < 4.78 is 23.0. The van der Waals surface area contributed by atoms with Crippen molar-refractivity contribution >= 4 is 15.5 Å². The molecule has 1 aromatic rings. The van der Waals surface area contributed by atoms with E-state index in [9.17, 15) is 8.42 Å². The lowest BCUT2D eigenvalue weighted by Gasteiger charge is -2.05. The highest BCUT2D eigenvalue weighted by Gasteiger charge is 2.13. The summed E-state index contributed by atoms with van der Waals surface area (Å²) in [4.78, 5) is 0.207. The number of aliphatic hydroxyl groups is 1. The Labute approximate surface area is 83.3 Å². The number of sulfone groups is 1. The lowest BCUT2D eigenvalue weighted by Crippen LogP contribution is -2.10. The van der Waals surface area contributed by atoms with Crippen molar-refractivity contribution in [1.82, 2.24) is 0 Å². The topological polar surface area (TPSA) is 80.4 Å². The smallest absolute Gasteiger partial charge is 0.180 e. The number of benzene rings is 1. The summed E-state index contributed by atoms with van der Waals surface area (Å²) in [7, 11) is -3.36. The van der Waals surface area contributed by atoms with Crippen molar-refractivity contribution in [3.8, 4) is 0 Å². The van der Waals surface area contributed by atoms with Gasteiger partial charge in [-0.3, -0.25) is 0 Å². The fourth-order valence-corrected chi connectivity index (χ4v) is 2.19. The first-order chi connectivity index (χ1) is 6.47. The van der Waals surface area contributed by atoms with Crippen LogP contribution in [-0.4, -0.2) is 25.9 Å². The SMILES string of the molecule is Cc1cc(S(=O)(=O)CCO)ccc1N. The van der Waals surface area contributed by atoms with Crippen LogP contribution in [-0.2, 0) is 9.84 Å². The summed E-state index contributed by atoms with van der Waals surface area (Å²) in [5.74, 6) is -0.254. The van der Waals surface area contributed by atoms with E-state index in [0.717, 1.165) is 5.56 Å². The number of hydrogen-bond acceptors (Lipinski definition) is 4. The van der Waals surface area contributed by atoms with Crippen molar-refractivity contribution < 1.29 is 13.5 Å². The van der Waals surface area contributed by atoms with E-state index >= 15 is 0 Å². The Morgan fingerprint density at radius 1 is 1.43 bits per heavy atom. The van der Waals surface area contributed by atoms with Gasteiger partial charge < -0.3 is 10.8 Å². The summed E-state index contributed by atoms with van der Waals surface area (Å²) >= 11 is 0. The van der Waals surface area contributed by atoms with E-state index in [2.05, 4.69) is 0 Å². The highest BCUT2D eigenvalue weighted by molar-refractivity contribution is 7.91. The molecule has 0 aliphatic carbocycles. The maximum atomic E-state index is 11.5. The zero-order valence-corrected chi connectivity index (χ0v) is 8.71. The zero-order valence-electron chi connectivity index (χ0n) is 7.90. The summed E-state index contributed by atoms with van der Waals surface area (Å²) in [5.41, 5.74) is 6.85. The molecular formula is C9H13NO3S. The average Bonchev–Trinajstić information content (AvgIpc) is 2.09. The third-order valence-corrected chi connectivity index (χ3v) is 3.65. The van der Waals surface area contributed by atoms with Gasteiger partial charge in [0.2, 0.25) is 0 Å². The van der Waals surface area contributed by atoms with Gasteiger partial charge in [-0.1, -0.05) is 0 Å². The van der Waals surface area contributed by atoms with Gasteiger partial charge >= 0.3 is 0 Å². The van der Waals surface area contributed by atoms with Crippen LogP contribution in [0.15, 0.2) is 23.1 Å². The zero-order chi connectivity index (χ0) is 10.8. The second kappa shape index (κ2) is 3.98. The van der Waals surface area contributed by atoms with Crippen LogP contribution < -0.4 is 5.73 Å². The molecule has 0 aromatic heterocycles. The minimum atomic E-state index is -3.36. The van der Waals surface area contributed by atoms with Gasteiger partial charge in [-0.25, -0.2) is 8.42 Å². The van der Waals surface area contributed by atoms with Gasteiger partial charge in [0.15, 0.2) is 9.84 Å². The molecule has 0 saturated heterocycles. The van der Waals surface area contributed by atoms with Gasteiger partial charge in [-0.2, -0.15) is 0 Å². The molecule has 0 amide bonds. The molecule has 5 heteroatoms. The molecule has 14 heavy (non-hydrogen) atoms. The number of anilines is 1. The van der Waals surface area contributed by atoms with Crippen LogP contribution in [0.3, 0.4) is 0 Å². The molecule has 4 nitrogen and oxygen atoms in total. The molecule has 0 saturated carbocycles. The van der Waals surface area contributed by atoms with E-state index in [-0.39, 0.29) is 17.3 Å². The molecule has 3 N–H and O–H groups in total. The van der Waals surface area contributed by atoms with Gasteiger partial charge in [0.05, 0.1) is 17.3 Å². The van der Waals surface area contributed by atoms with Gasteiger partial charge in [-0.05, 0) is 30.7 Å². The standard InChI is InChI=1S/C9H13NO3S/c1-7-6-8(2-3-9(7)10)14(12,13)5-4-11/h2-3,6,11H,4-5,10H2,1H3. The average molecular weight is 215 g/mol. The monoisotopic (exact) mass is 215 g/mol. The molecule has 0 bridgehead atoms. The minimum Gasteiger partial charge on any atom is -0.399 e. The normalized spacial score (nSPS) is 11.6.